The molecule has 1 N–H and O–H groups in total. The molecule has 2 heterocycles. The van der Waals surface area contributed by atoms with E-state index in [0.717, 1.165) is 6.42 Å². The van der Waals surface area contributed by atoms with Gasteiger partial charge in [-0.3, -0.25) is 4.79 Å². The van der Waals surface area contributed by atoms with Gasteiger partial charge in [-0.1, -0.05) is 0 Å². The molecule has 2 amide bonds. The van der Waals surface area contributed by atoms with Crippen molar-refractivity contribution in [2.75, 3.05) is 43.5 Å². The predicted molar refractivity (Wildman–Crippen MR) is 104 cm³/mol. The number of morpholine rings is 1. The molecule has 2 aliphatic heterocycles. The van der Waals surface area contributed by atoms with Crippen LogP contribution in [0.5, 0.6) is 0 Å². The van der Waals surface area contributed by atoms with Crippen molar-refractivity contribution in [2.24, 2.45) is 5.92 Å². The van der Waals surface area contributed by atoms with E-state index < -0.39 is 0 Å². The second-order valence-corrected chi connectivity index (χ2v) is 7.57. The molecule has 0 saturated carbocycles. The maximum absolute atomic E-state index is 14.7. The fourth-order valence-corrected chi connectivity index (χ4v) is 3.94. The van der Waals surface area contributed by atoms with Gasteiger partial charge in [-0.2, -0.15) is 0 Å². The molecule has 0 spiro atoms. The predicted octanol–water partition coefficient (Wildman–Crippen LogP) is 2.86. The summed E-state index contributed by atoms with van der Waals surface area (Å²) in [6, 6.07) is 4.38. The Bertz CT molecular complexity index is 719. The number of esters is 1. The Morgan fingerprint density at radius 1 is 1.21 bits per heavy atom. The van der Waals surface area contributed by atoms with E-state index in [4.69, 9.17) is 9.47 Å². The van der Waals surface area contributed by atoms with Gasteiger partial charge in [0.15, 0.2) is 0 Å². The van der Waals surface area contributed by atoms with E-state index in [9.17, 15) is 14.0 Å². The van der Waals surface area contributed by atoms with Crippen molar-refractivity contribution in [1.29, 1.82) is 0 Å². The third kappa shape index (κ3) is 4.73. The molecule has 3 rings (SSSR count). The van der Waals surface area contributed by atoms with Crippen LogP contribution in [0.3, 0.4) is 0 Å². The van der Waals surface area contributed by atoms with E-state index in [-0.39, 0.29) is 35.9 Å². The standard InChI is InChI=1S/C20H28FN3O4/c1-13-10-24(11-14(2)28-13)18-7-6-16(9-17(18)21)22-20(26)23-8-4-5-15(12-23)19(25)27-3/h6-7,9,13-15H,4-5,8,10-12H2,1-3H3,(H,22,26)/t13-,14+,15-/m0/s1. The van der Waals surface area contributed by atoms with Crippen molar-refractivity contribution in [1.82, 2.24) is 4.90 Å². The number of likely N-dealkylation sites (tertiary alicyclic amines) is 1. The average molecular weight is 393 g/mol. The van der Waals surface area contributed by atoms with Crippen LogP contribution in [0.4, 0.5) is 20.6 Å². The molecule has 1 aromatic rings. The smallest absolute Gasteiger partial charge is 0.321 e. The van der Waals surface area contributed by atoms with Gasteiger partial charge in [-0.15, -0.1) is 0 Å². The largest absolute Gasteiger partial charge is 0.469 e. The number of rotatable bonds is 3. The molecule has 8 heteroatoms. The minimum absolute atomic E-state index is 0.0318. The van der Waals surface area contributed by atoms with Gasteiger partial charge in [0.2, 0.25) is 0 Å². The lowest BCUT2D eigenvalue weighted by Gasteiger charge is -2.37. The van der Waals surface area contributed by atoms with Gasteiger partial charge in [0.25, 0.3) is 0 Å². The van der Waals surface area contributed by atoms with Crippen molar-refractivity contribution >= 4 is 23.4 Å². The second-order valence-electron chi connectivity index (χ2n) is 7.57. The van der Waals surface area contributed by atoms with E-state index in [1.54, 1.807) is 17.0 Å². The highest BCUT2D eigenvalue weighted by Crippen LogP contribution is 2.26. The maximum atomic E-state index is 14.7. The molecule has 7 nitrogen and oxygen atoms in total. The van der Waals surface area contributed by atoms with Gasteiger partial charge in [0.05, 0.1) is 30.9 Å². The van der Waals surface area contributed by atoms with Crippen molar-refractivity contribution in [2.45, 2.75) is 38.9 Å². The van der Waals surface area contributed by atoms with Gasteiger partial charge in [-0.25, -0.2) is 9.18 Å². The molecule has 1 aromatic carbocycles. The van der Waals surface area contributed by atoms with Crippen LogP contribution in [-0.2, 0) is 14.3 Å². The SMILES string of the molecule is COC(=O)[C@H]1CCCN(C(=O)Nc2ccc(N3C[C@@H](C)O[C@@H](C)C3)c(F)c2)C1. The zero-order valence-corrected chi connectivity index (χ0v) is 16.6. The number of methoxy groups -OCH3 is 1. The summed E-state index contributed by atoms with van der Waals surface area (Å²) >= 11 is 0. The summed E-state index contributed by atoms with van der Waals surface area (Å²) in [4.78, 5) is 27.8. The van der Waals surface area contributed by atoms with Crippen molar-refractivity contribution in [3.63, 3.8) is 0 Å². The number of nitrogens with zero attached hydrogens (tertiary/aromatic N) is 2. The number of amides is 2. The summed E-state index contributed by atoms with van der Waals surface area (Å²) in [6.07, 6.45) is 1.50. The Morgan fingerprint density at radius 2 is 1.93 bits per heavy atom. The first-order chi connectivity index (χ1) is 13.4. The van der Waals surface area contributed by atoms with Gasteiger partial charge in [-0.05, 0) is 44.9 Å². The van der Waals surface area contributed by atoms with Crippen LogP contribution in [0.2, 0.25) is 0 Å². The number of urea groups is 1. The fourth-order valence-electron chi connectivity index (χ4n) is 3.94. The van der Waals surface area contributed by atoms with E-state index in [1.807, 2.05) is 18.7 Å². The molecule has 2 saturated heterocycles. The third-order valence-electron chi connectivity index (χ3n) is 5.20. The molecule has 0 aliphatic carbocycles. The van der Waals surface area contributed by atoms with Gasteiger partial charge in [0.1, 0.15) is 5.82 Å². The zero-order valence-electron chi connectivity index (χ0n) is 16.6. The topological polar surface area (TPSA) is 71.1 Å². The Hall–Kier alpha value is -2.35. The van der Waals surface area contributed by atoms with Crippen molar-refractivity contribution in [3.8, 4) is 0 Å². The Balaban J connectivity index is 1.64. The van der Waals surface area contributed by atoms with Gasteiger partial charge >= 0.3 is 12.0 Å². The molecule has 0 radical (unpaired) electrons. The molecular formula is C20H28FN3O4. The van der Waals surface area contributed by atoms with Crippen LogP contribution in [0, 0.1) is 11.7 Å². The number of piperidine rings is 1. The number of hydrogen-bond acceptors (Lipinski definition) is 5. The lowest BCUT2D eigenvalue weighted by Crippen LogP contribution is -2.46. The number of carbonyl (C=O) groups excluding carboxylic acids is 2. The molecule has 154 valence electrons. The van der Waals surface area contributed by atoms with Crippen LogP contribution < -0.4 is 10.2 Å². The molecule has 0 bridgehead atoms. The van der Waals surface area contributed by atoms with Gasteiger partial charge in [0, 0.05) is 31.9 Å². The zero-order chi connectivity index (χ0) is 20.3. The first-order valence-corrected chi connectivity index (χ1v) is 9.71. The summed E-state index contributed by atoms with van der Waals surface area (Å²) in [7, 11) is 1.35. The van der Waals surface area contributed by atoms with Gasteiger partial charge < -0.3 is 24.6 Å². The van der Waals surface area contributed by atoms with E-state index in [1.165, 1.54) is 13.2 Å². The molecule has 3 atom stereocenters. The first-order valence-electron chi connectivity index (χ1n) is 9.71. The van der Waals surface area contributed by atoms with E-state index >= 15 is 0 Å². The lowest BCUT2D eigenvalue weighted by molar-refractivity contribution is -0.146. The van der Waals surface area contributed by atoms with Crippen LogP contribution in [0.1, 0.15) is 26.7 Å². The number of benzene rings is 1. The molecular weight excluding hydrogens is 365 g/mol. The van der Waals surface area contributed by atoms with E-state index in [0.29, 0.717) is 44.0 Å². The Labute approximate surface area is 164 Å². The highest BCUT2D eigenvalue weighted by Gasteiger charge is 2.29. The monoisotopic (exact) mass is 393 g/mol. The number of hydrogen-bond donors (Lipinski definition) is 1. The molecule has 0 aromatic heterocycles. The second kappa shape index (κ2) is 8.77. The molecule has 28 heavy (non-hydrogen) atoms. The van der Waals surface area contributed by atoms with Crippen LogP contribution >= 0.6 is 0 Å². The summed E-state index contributed by atoms with van der Waals surface area (Å²) in [5.41, 5.74) is 0.893. The minimum atomic E-state index is -0.384. The quantitative estimate of drug-likeness (QED) is 0.800. The fraction of sp³-hybridized carbons (Fsp3) is 0.600. The highest BCUT2D eigenvalue weighted by molar-refractivity contribution is 5.90. The average Bonchev–Trinajstić information content (AvgIpc) is 2.66. The summed E-state index contributed by atoms with van der Waals surface area (Å²) in [6.45, 7) is 6.04. The number of anilines is 2. The number of halogens is 1. The van der Waals surface area contributed by atoms with Crippen LogP contribution in [0.25, 0.3) is 0 Å². The Kier molecular flexibility index (Phi) is 6.39. The third-order valence-corrected chi connectivity index (χ3v) is 5.20. The summed E-state index contributed by atoms with van der Waals surface area (Å²) in [5, 5.41) is 2.73. The number of nitrogens with one attached hydrogen (secondary N) is 1. The molecule has 0 unspecified atom stereocenters. The van der Waals surface area contributed by atoms with Crippen LogP contribution in [0.15, 0.2) is 18.2 Å². The Morgan fingerprint density at radius 3 is 2.57 bits per heavy atom. The molecule has 2 aliphatic rings. The maximum Gasteiger partial charge on any atom is 0.321 e. The van der Waals surface area contributed by atoms with Crippen molar-refractivity contribution in [3.05, 3.63) is 24.0 Å². The van der Waals surface area contributed by atoms with Crippen molar-refractivity contribution < 1.29 is 23.5 Å². The molecule has 2 fully saturated rings. The number of ether oxygens (including phenoxy) is 2. The summed E-state index contributed by atoms with van der Waals surface area (Å²) < 4.78 is 25.2. The summed E-state index contributed by atoms with van der Waals surface area (Å²) in [5.74, 6) is -0.999. The first kappa shape index (κ1) is 20.4. The minimum Gasteiger partial charge on any atom is -0.469 e. The normalized spacial score (nSPS) is 25.4. The van der Waals surface area contributed by atoms with Crippen LogP contribution in [-0.4, -0.2) is 62.4 Å². The highest BCUT2D eigenvalue weighted by atomic mass is 19.1. The number of carbonyl (C=O) groups is 2. The van der Waals surface area contributed by atoms with E-state index in [2.05, 4.69) is 5.32 Å². The lowest BCUT2D eigenvalue weighted by atomic mass is 9.98.